The summed E-state index contributed by atoms with van der Waals surface area (Å²) in [5, 5.41) is 22.3. The van der Waals surface area contributed by atoms with Gasteiger partial charge in [0.2, 0.25) is 0 Å². The molecule has 0 spiro atoms. The first-order valence-corrected chi connectivity index (χ1v) is 8.38. The van der Waals surface area contributed by atoms with Gasteiger partial charge in [0.15, 0.2) is 5.84 Å². The molecule has 6 heteroatoms. The van der Waals surface area contributed by atoms with Crippen LogP contribution in [0.25, 0.3) is 22.3 Å². The highest BCUT2D eigenvalue weighted by Gasteiger charge is 2.28. The number of rotatable bonds is 3. The Labute approximate surface area is 157 Å². The molecule has 4 N–H and O–H groups in total. The number of nitrogens with two attached hydrogens (primary N) is 1. The van der Waals surface area contributed by atoms with E-state index < -0.39 is 0 Å². The van der Waals surface area contributed by atoms with Crippen LogP contribution in [0.4, 0.5) is 0 Å². The van der Waals surface area contributed by atoms with E-state index in [1.54, 1.807) is 25.3 Å². The SMILES string of the molecule is CC#Cc1c(-c2ccc(O)cc2)c(-c2c(C)coc2C)c(/C(N)=N/O)n1C. The summed E-state index contributed by atoms with van der Waals surface area (Å²) in [6.07, 6.45) is 1.68. The number of furan rings is 1. The van der Waals surface area contributed by atoms with E-state index in [4.69, 9.17) is 10.2 Å². The lowest BCUT2D eigenvalue weighted by Gasteiger charge is -2.09. The number of aromatic hydroxyl groups is 1. The molecule has 2 heterocycles. The number of hydrogen-bond acceptors (Lipinski definition) is 4. The number of hydrogen-bond donors (Lipinski definition) is 3. The normalized spacial score (nSPS) is 11.3. The molecule has 0 saturated carbocycles. The molecule has 2 aromatic heterocycles. The molecule has 0 fully saturated rings. The van der Waals surface area contributed by atoms with Gasteiger partial charge in [-0.05, 0) is 50.0 Å². The van der Waals surface area contributed by atoms with Crippen LogP contribution in [0.3, 0.4) is 0 Å². The van der Waals surface area contributed by atoms with Gasteiger partial charge in [-0.3, -0.25) is 0 Å². The molecule has 0 amide bonds. The van der Waals surface area contributed by atoms with Crippen LogP contribution in [-0.4, -0.2) is 20.7 Å². The van der Waals surface area contributed by atoms with Gasteiger partial charge in [-0.1, -0.05) is 23.2 Å². The molecule has 3 aromatic rings. The van der Waals surface area contributed by atoms with Crippen molar-refractivity contribution >= 4 is 5.84 Å². The fourth-order valence-electron chi connectivity index (χ4n) is 3.39. The fraction of sp³-hybridized carbons (Fsp3) is 0.190. The second kappa shape index (κ2) is 6.96. The van der Waals surface area contributed by atoms with Gasteiger partial charge in [0, 0.05) is 23.7 Å². The topological polar surface area (TPSA) is 96.9 Å². The molecular formula is C21H21N3O3. The quantitative estimate of drug-likeness (QED) is 0.217. The van der Waals surface area contributed by atoms with Crippen molar-refractivity contribution in [2.45, 2.75) is 20.8 Å². The molecule has 1 aromatic carbocycles. The maximum Gasteiger partial charge on any atom is 0.187 e. The minimum atomic E-state index is -0.0170. The summed E-state index contributed by atoms with van der Waals surface area (Å²) >= 11 is 0. The van der Waals surface area contributed by atoms with Crippen LogP contribution >= 0.6 is 0 Å². The second-order valence-corrected chi connectivity index (χ2v) is 6.26. The Balaban J connectivity index is 2.53. The fourth-order valence-corrected chi connectivity index (χ4v) is 3.39. The van der Waals surface area contributed by atoms with E-state index in [0.29, 0.717) is 5.69 Å². The first-order chi connectivity index (χ1) is 12.9. The van der Waals surface area contributed by atoms with Crippen molar-refractivity contribution in [2.24, 2.45) is 17.9 Å². The van der Waals surface area contributed by atoms with Crippen LogP contribution < -0.4 is 5.73 Å². The number of aromatic nitrogens is 1. The Morgan fingerprint density at radius 3 is 2.33 bits per heavy atom. The van der Waals surface area contributed by atoms with Crippen molar-refractivity contribution in [1.29, 1.82) is 0 Å². The Bertz CT molecular complexity index is 1070. The zero-order valence-electron chi connectivity index (χ0n) is 15.7. The van der Waals surface area contributed by atoms with E-state index in [1.807, 2.05) is 37.6 Å². The molecule has 0 atom stereocenters. The van der Waals surface area contributed by atoms with Crippen LogP contribution in [0, 0.1) is 25.7 Å². The van der Waals surface area contributed by atoms with Gasteiger partial charge in [0.25, 0.3) is 0 Å². The minimum absolute atomic E-state index is 0.0170. The monoisotopic (exact) mass is 363 g/mol. The molecular weight excluding hydrogens is 342 g/mol. The van der Waals surface area contributed by atoms with E-state index in [1.165, 1.54) is 0 Å². The average Bonchev–Trinajstić information content (AvgIpc) is 3.12. The number of benzene rings is 1. The highest BCUT2D eigenvalue weighted by Crippen LogP contribution is 2.42. The molecule has 0 bridgehead atoms. The van der Waals surface area contributed by atoms with Gasteiger partial charge in [-0.25, -0.2) is 0 Å². The summed E-state index contributed by atoms with van der Waals surface area (Å²) in [5.41, 5.74) is 11.6. The van der Waals surface area contributed by atoms with Crippen LogP contribution in [0.5, 0.6) is 5.75 Å². The Morgan fingerprint density at radius 1 is 1.15 bits per heavy atom. The predicted octanol–water partition coefficient (Wildman–Crippen LogP) is 3.74. The number of nitrogens with zero attached hydrogens (tertiary/aromatic N) is 2. The Kier molecular flexibility index (Phi) is 4.70. The smallest absolute Gasteiger partial charge is 0.187 e. The van der Waals surface area contributed by atoms with Crippen molar-refractivity contribution in [2.75, 3.05) is 0 Å². The molecule has 0 aliphatic carbocycles. The summed E-state index contributed by atoms with van der Waals surface area (Å²) in [5.74, 6) is 6.94. The van der Waals surface area contributed by atoms with Gasteiger partial charge in [0.1, 0.15) is 17.2 Å². The molecule has 0 radical (unpaired) electrons. The molecule has 138 valence electrons. The summed E-state index contributed by atoms with van der Waals surface area (Å²) in [7, 11) is 1.82. The second-order valence-electron chi connectivity index (χ2n) is 6.26. The van der Waals surface area contributed by atoms with Crippen LogP contribution in [-0.2, 0) is 7.05 Å². The van der Waals surface area contributed by atoms with Crippen LogP contribution in [0.2, 0.25) is 0 Å². The maximum atomic E-state index is 9.68. The largest absolute Gasteiger partial charge is 0.508 e. The highest BCUT2D eigenvalue weighted by molar-refractivity contribution is 6.07. The highest BCUT2D eigenvalue weighted by atomic mass is 16.4. The molecule has 6 nitrogen and oxygen atoms in total. The first kappa shape index (κ1) is 18.2. The summed E-state index contributed by atoms with van der Waals surface area (Å²) in [6, 6.07) is 6.87. The van der Waals surface area contributed by atoms with Gasteiger partial charge < -0.3 is 25.0 Å². The minimum Gasteiger partial charge on any atom is -0.508 e. The number of phenolic OH excluding ortho intramolecular Hbond substituents is 1. The summed E-state index contributed by atoms with van der Waals surface area (Å²) < 4.78 is 7.42. The van der Waals surface area contributed by atoms with E-state index in [-0.39, 0.29) is 11.6 Å². The number of phenols is 1. The van der Waals surface area contributed by atoms with Crippen molar-refractivity contribution in [1.82, 2.24) is 4.57 Å². The third-order valence-electron chi connectivity index (χ3n) is 4.55. The predicted molar refractivity (Wildman–Crippen MR) is 105 cm³/mol. The number of amidine groups is 1. The lowest BCUT2D eigenvalue weighted by molar-refractivity contribution is 0.318. The van der Waals surface area contributed by atoms with Gasteiger partial charge in [-0.15, -0.1) is 0 Å². The van der Waals surface area contributed by atoms with Crippen molar-refractivity contribution in [3.8, 4) is 39.8 Å². The van der Waals surface area contributed by atoms with E-state index in [2.05, 4.69) is 17.0 Å². The Hall–Kier alpha value is -3.59. The average molecular weight is 363 g/mol. The third-order valence-corrected chi connectivity index (χ3v) is 4.55. The number of aryl methyl sites for hydroxylation is 2. The van der Waals surface area contributed by atoms with E-state index in [0.717, 1.165) is 39.3 Å². The molecule has 3 rings (SSSR count). The summed E-state index contributed by atoms with van der Waals surface area (Å²) in [6.45, 7) is 5.57. The third kappa shape index (κ3) is 2.93. The lowest BCUT2D eigenvalue weighted by Crippen LogP contribution is -2.18. The van der Waals surface area contributed by atoms with Crippen LogP contribution in [0.15, 0.2) is 40.1 Å². The van der Waals surface area contributed by atoms with Crippen molar-refractivity contribution in [3.63, 3.8) is 0 Å². The first-order valence-electron chi connectivity index (χ1n) is 8.38. The van der Waals surface area contributed by atoms with E-state index >= 15 is 0 Å². The molecule has 0 saturated heterocycles. The van der Waals surface area contributed by atoms with E-state index in [9.17, 15) is 10.3 Å². The zero-order chi connectivity index (χ0) is 19.7. The molecule has 0 aliphatic rings. The zero-order valence-corrected chi connectivity index (χ0v) is 15.7. The molecule has 27 heavy (non-hydrogen) atoms. The lowest BCUT2D eigenvalue weighted by atomic mass is 9.93. The molecule has 0 aliphatic heterocycles. The van der Waals surface area contributed by atoms with Crippen molar-refractivity contribution in [3.05, 3.63) is 53.2 Å². The Morgan fingerprint density at radius 2 is 1.81 bits per heavy atom. The van der Waals surface area contributed by atoms with Gasteiger partial charge >= 0.3 is 0 Å². The summed E-state index contributed by atoms with van der Waals surface area (Å²) in [4.78, 5) is 0. The maximum absolute atomic E-state index is 9.68. The number of oxime groups is 1. The van der Waals surface area contributed by atoms with Gasteiger partial charge in [0.05, 0.1) is 12.0 Å². The van der Waals surface area contributed by atoms with Crippen molar-refractivity contribution < 1.29 is 14.7 Å². The van der Waals surface area contributed by atoms with Crippen LogP contribution in [0.1, 0.15) is 29.6 Å². The molecule has 0 unspecified atom stereocenters. The van der Waals surface area contributed by atoms with Gasteiger partial charge in [-0.2, -0.15) is 0 Å². The standard InChI is InChI=1S/C21H21N3O3/c1-5-6-16-18(14-7-9-15(25)10-8-14)19(17-12(2)11-27-13(17)3)20(24(16)4)21(22)23-26/h7-11,25-26H,1-4H3,(H2,22,23).